The molecule has 6 nitrogen and oxygen atoms in total. The number of amides is 2. The van der Waals surface area contributed by atoms with Crippen molar-refractivity contribution in [1.82, 2.24) is 5.32 Å². The molecule has 2 amide bonds. The molecule has 0 fully saturated rings. The normalized spacial score (nSPS) is 10.3. The summed E-state index contributed by atoms with van der Waals surface area (Å²) < 4.78 is 13.6. The van der Waals surface area contributed by atoms with Gasteiger partial charge in [-0.3, -0.25) is 14.4 Å². The van der Waals surface area contributed by atoms with E-state index in [1.165, 1.54) is 13.0 Å². The van der Waals surface area contributed by atoms with Gasteiger partial charge < -0.3 is 16.0 Å². The lowest BCUT2D eigenvalue weighted by Crippen LogP contribution is -2.24. The summed E-state index contributed by atoms with van der Waals surface area (Å²) in [5.74, 6) is -1.13. The van der Waals surface area contributed by atoms with E-state index in [-0.39, 0.29) is 36.5 Å². The van der Waals surface area contributed by atoms with Crippen LogP contribution in [0.15, 0.2) is 72.8 Å². The van der Waals surface area contributed by atoms with Gasteiger partial charge in [-0.2, -0.15) is 0 Å². The molecule has 0 unspecified atom stereocenters. The molecule has 0 bridgehead atoms. The molecule has 0 spiro atoms. The van der Waals surface area contributed by atoms with Crippen LogP contribution in [0.4, 0.5) is 15.8 Å². The second kappa shape index (κ2) is 10.2. The summed E-state index contributed by atoms with van der Waals surface area (Å²) in [6.07, 6.45) is 0. The number of halogens is 1. The highest BCUT2D eigenvalue weighted by Crippen LogP contribution is 2.16. The van der Waals surface area contributed by atoms with Gasteiger partial charge in [0.15, 0.2) is 5.78 Å². The van der Waals surface area contributed by atoms with Crippen LogP contribution in [0.3, 0.4) is 0 Å². The third-order valence-corrected chi connectivity index (χ3v) is 4.58. The molecule has 0 aromatic heterocycles. The number of hydrogen-bond acceptors (Lipinski definition) is 4. The van der Waals surface area contributed by atoms with Crippen molar-refractivity contribution < 1.29 is 18.8 Å². The fraction of sp³-hybridized carbons (Fsp3) is 0.125. The molecular weight excluding hydrogens is 397 g/mol. The van der Waals surface area contributed by atoms with Crippen LogP contribution in [0.1, 0.15) is 33.2 Å². The Balaban J connectivity index is 1.51. The number of benzene rings is 3. The Hall–Kier alpha value is -4.00. The number of para-hydroxylation sites is 1. The van der Waals surface area contributed by atoms with Crippen molar-refractivity contribution in [2.24, 2.45) is 0 Å². The van der Waals surface area contributed by atoms with Crippen LogP contribution in [0, 0.1) is 5.82 Å². The third kappa shape index (κ3) is 5.99. The maximum absolute atomic E-state index is 13.6. The molecule has 0 aliphatic rings. The maximum Gasteiger partial charge on any atom is 0.251 e. The first kappa shape index (κ1) is 21.7. The number of carbonyl (C=O) groups is 3. The Bertz CT molecular complexity index is 1100. The summed E-state index contributed by atoms with van der Waals surface area (Å²) in [5, 5.41) is 8.35. The van der Waals surface area contributed by atoms with Crippen molar-refractivity contribution in [1.29, 1.82) is 0 Å². The van der Waals surface area contributed by atoms with Gasteiger partial charge in [0.1, 0.15) is 5.82 Å². The van der Waals surface area contributed by atoms with Crippen molar-refractivity contribution in [3.63, 3.8) is 0 Å². The fourth-order valence-electron chi connectivity index (χ4n) is 2.93. The molecule has 0 saturated heterocycles. The van der Waals surface area contributed by atoms with Gasteiger partial charge in [0.2, 0.25) is 5.91 Å². The monoisotopic (exact) mass is 419 g/mol. The number of rotatable bonds is 8. The first-order valence-electron chi connectivity index (χ1n) is 9.69. The lowest BCUT2D eigenvalue weighted by Gasteiger charge is -2.11. The van der Waals surface area contributed by atoms with Gasteiger partial charge in [0.25, 0.3) is 5.91 Å². The molecule has 158 valence electrons. The van der Waals surface area contributed by atoms with Gasteiger partial charge >= 0.3 is 0 Å². The van der Waals surface area contributed by atoms with Crippen molar-refractivity contribution in [2.75, 3.05) is 17.2 Å². The quantitative estimate of drug-likeness (QED) is 0.482. The van der Waals surface area contributed by atoms with E-state index >= 15 is 0 Å². The molecule has 0 aliphatic heterocycles. The Kier molecular flexibility index (Phi) is 7.11. The number of hydrogen-bond donors (Lipinski definition) is 3. The average Bonchev–Trinajstić information content (AvgIpc) is 2.77. The number of ketones is 1. The van der Waals surface area contributed by atoms with E-state index in [2.05, 4.69) is 16.0 Å². The smallest absolute Gasteiger partial charge is 0.251 e. The summed E-state index contributed by atoms with van der Waals surface area (Å²) in [4.78, 5) is 36.1. The van der Waals surface area contributed by atoms with Gasteiger partial charge in [-0.1, -0.05) is 30.3 Å². The summed E-state index contributed by atoms with van der Waals surface area (Å²) >= 11 is 0. The molecule has 31 heavy (non-hydrogen) atoms. The van der Waals surface area contributed by atoms with E-state index in [0.717, 1.165) is 0 Å². The number of carbonyl (C=O) groups excluding carboxylic acids is 3. The predicted molar refractivity (Wildman–Crippen MR) is 118 cm³/mol. The van der Waals surface area contributed by atoms with Gasteiger partial charge in [-0.15, -0.1) is 0 Å². The zero-order valence-corrected chi connectivity index (χ0v) is 16.9. The van der Waals surface area contributed by atoms with Gasteiger partial charge in [-0.05, 0) is 49.4 Å². The second-order valence-electron chi connectivity index (χ2n) is 6.85. The van der Waals surface area contributed by atoms with Crippen molar-refractivity contribution in [2.45, 2.75) is 13.5 Å². The van der Waals surface area contributed by atoms with Crippen LogP contribution in [0.2, 0.25) is 0 Å². The topological polar surface area (TPSA) is 87.3 Å². The summed E-state index contributed by atoms with van der Waals surface area (Å²) in [6.45, 7) is 1.52. The van der Waals surface area contributed by atoms with Gasteiger partial charge in [-0.25, -0.2) is 4.39 Å². The first-order valence-corrected chi connectivity index (χ1v) is 9.69. The molecule has 0 heterocycles. The van der Waals surface area contributed by atoms with E-state index in [0.29, 0.717) is 28.1 Å². The lowest BCUT2D eigenvalue weighted by atomic mass is 10.1. The molecule has 0 saturated carbocycles. The molecule has 7 heteroatoms. The molecule has 3 N–H and O–H groups in total. The lowest BCUT2D eigenvalue weighted by molar-refractivity contribution is -0.114. The second-order valence-corrected chi connectivity index (χ2v) is 6.85. The standard InChI is InChI=1S/C24H22FN3O3/c1-16(29)20-7-3-5-9-22(20)28-23(30)15-26-19-12-10-17(11-13-19)24(31)27-14-18-6-2-4-8-21(18)25/h2-13,26H,14-15H2,1H3,(H,27,31)(H,28,30). The summed E-state index contributed by atoms with van der Waals surface area (Å²) in [6, 6.07) is 19.6. The molecule has 0 radical (unpaired) electrons. The van der Waals surface area contributed by atoms with E-state index in [1.807, 2.05) is 0 Å². The minimum absolute atomic E-state index is 0.00886. The highest BCUT2D eigenvalue weighted by atomic mass is 19.1. The maximum atomic E-state index is 13.6. The van der Waals surface area contributed by atoms with E-state index in [1.54, 1.807) is 66.7 Å². The minimum atomic E-state index is -0.369. The number of Topliss-reactive ketones (excluding diaryl/α,β-unsaturated/α-hetero) is 1. The van der Waals surface area contributed by atoms with Crippen LogP contribution in [-0.2, 0) is 11.3 Å². The number of nitrogens with one attached hydrogen (secondary N) is 3. The molecule has 3 rings (SSSR count). The van der Waals surface area contributed by atoms with E-state index in [9.17, 15) is 18.8 Å². The van der Waals surface area contributed by atoms with Crippen LogP contribution in [-0.4, -0.2) is 24.1 Å². The van der Waals surface area contributed by atoms with Crippen molar-refractivity contribution >= 4 is 29.0 Å². The molecule has 3 aromatic carbocycles. The van der Waals surface area contributed by atoms with Crippen LogP contribution in [0.5, 0.6) is 0 Å². The number of anilines is 2. The van der Waals surface area contributed by atoms with Gasteiger partial charge in [0.05, 0.1) is 12.2 Å². The van der Waals surface area contributed by atoms with Crippen LogP contribution >= 0.6 is 0 Å². The fourth-order valence-corrected chi connectivity index (χ4v) is 2.93. The van der Waals surface area contributed by atoms with Crippen LogP contribution < -0.4 is 16.0 Å². The van der Waals surface area contributed by atoms with Crippen molar-refractivity contribution in [3.8, 4) is 0 Å². The average molecular weight is 419 g/mol. The molecule has 0 atom stereocenters. The molecular formula is C24H22FN3O3. The Morgan fingerprint density at radius 3 is 2.26 bits per heavy atom. The summed E-state index contributed by atoms with van der Waals surface area (Å²) in [5.41, 5.74) is 2.39. The largest absolute Gasteiger partial charge is 0.376 e. The van der Waals surface area contributed by atoms with E-state index in [4.69, 9.17) is 0 Å². The Labute approximate surface area is 179 Å². The zero-order valence-electron chi connectivity index (χ0n) is 16.9. The zero-order chi connectivity index (χ0) is 22.2. The van der Waals surface area contributed by atoms with Crippen LogP contribution in [0.25, 0.3) is 0 Å². The minimum Gasteiger partial charge on any atom is -0.376 e. The van der Waals surface area contributed by atoms with E-state index < -0.39 is 0 Å². The Morgan fingerprint density at radius 1 is 0.871 bits per heavy atom. The third-order valence-electron chi connectivity index (χ3n) is 4.58. The van der Waals surface area contributed by atoms with Crippen molar-refractivity contribution in [3.05, 3.63) is 95.3 Å². The highest BCUT2D eigenvalue weighted by Gasteiger charge is 2.10. The first-order chi connectivity index (χ1) is 14.9. The highest BCUT2D eigenvalue weighted by molar-refractivity contribution is 6.04. The molecule has 0 aliphatic carbocycles. The molecule has 3 aromatic rings. The predicted octanol–water partition coefficient (Wildman–Crippen LogP) is 4.01. The Morgan fingerprint density at radius 2 is 1.55 bits per heavy atom. The summed E-state index contributed by atoms with van der Waals surface area (Å²) in [7, 11) is 0. The SMILES string of the molecule is CC(=O)c1ccccc1NC(=O)CNc1ccc(C(=O)NCc2ccccc2F)cc1. The van der Waals surface area contributed by atoms with Gasteiger partial charge in [0, 0.05) is 28.9 Å².